The number of hydrogen-bond donors (Lipinski definition) is 1. The summed E-state index contributed by atoms with van der Waals surface area (Å²) in [6, 6.07) is 58.7. The molecule has 53 heavy (non-hydrogen) atoms. The molecule has 0 atom stereocenters. The number of rotatable bonds is 7. The van der Waals surface area contributed by atoms with Crippen LogP contribution in [0.15, 0.2) is 182 Å². The minimum Gasteiger partial charge on any atom is -0.385 e. The van der Waals surface area contributed by atoms with Crippen molar-refractivity contribution in [1.82, 2.24) is 19.5 Å². The van der Waals surface area contributed by atoms with Gasteiger partial charge in [-0.25, -0.2) is 15.0 Å². The molecular formula is C48H35N5. The second-order valence-corrected chi connectivity index (χ2v) is 13.2. The van der Waals surface area contributed by atoms with Crippen molar-refractivity contribution in [1.29, 1.82) is 0 Å². The van der Waals surface area contributed by atoms with E-state index in [1.165, 1.54) is 16.2 Å². The quantitative estimate of drug-likeness (QED) is 0.170. The molecule has 0 saturated heterocycles. The summed E-state index contributed by atoms with van der Waals surface area (Å²) < 4.78 is 2.16. The zero-order valence-corrected chi connectivity index (χ0v) is 29.2. The van der Waals surface area contributed by atoms with Gasteiger partial charge in [-0.1, -0.05) is 164 Å². The van der Waals surface area contributed by atoms with E-state index in [0.717, 1.165) is 55.4 Å². The van der Waals surface area contributed by atoms with Gasteiger partial charge in [0.1, 0.15) is 5.82 Å². The van der Waals surface area contributed by atoms with Gasteiger partial charge >= 0.3 is 0 Å². The average molecular weight is 682 g/mol. The van der Waals surface area contributed by atoms with Crippen LogP contribution in [0.2, 0.25) is 0 Å². The lowest BCUT2D eigenvalue weighted by molar-refractivity contribution is 1.03. The Bertz CT molecular complexity index is 2820. The van der Waals surface area contributed by atoms with Gasteiger partial charge in [-0.2, -0.15) is 0 Å². The van der Waals surface area contributed by atoms with E-state index < -0.39 is 0 Å². The Hall–Kier alpha value is -7.11. The SMILES string of the molecule is C/C(=C\C=C(/N)n1c2cc(-c3ccccc3)ccc2c2c3ccccc3ccc21)c1nc(-c2ccccc2)nc(-c2ccc(-c3ccccc3)cc2)n1. The molecule has 0 fully saturated rings. The van der Waals surface area contributed by atoms with Gasteiger partial charge in [-0.15, -0.1) is 0 Å². The number of hydrogen-bond acceptors (Lipinski definition) is 4. The Labute approximate surface area is 308 Å². The van der Waals surface area contributed by atoms with Gasteiger partial charge in [0.2, 0.25) is 0 Å². The van der Waals surface area contributed by atoms with Crippen LogP contribution in [-0.2, 0) is 0 Å². The van der Waals surface area contributed by atoms with Crippen LogP contribution in [0, 0.1) is 0 Å². The standard InChI is InChI=1S/C48H35N5/c1-32(46-50-47(37-18-9-4-10-19-37)52-48(51-46)38-24-22-35(23-25-38)33-13-5-2-6-14-33)21-30-44(49)53-42-29-27-36-17-11-12-20-40(36)45(42)41-28-26-39(31-43(41)53)34-15-7-3-8-16-34/h2-31H,49H2,1H3/b32-21+,44-30+. The largest absolute Gasteiger partial charge is 0.385 e. The number of nitrogens with two attached hydrogens (primary N) is 1. The fourth-order valence-electron chi connectivity index (χ4n) is 7.08. The van der Waals surface area contributed by atoms with Crippen LogP contribution in [0.5, 0.6) is 0 Å². The summed E-state index contributed by atoms with van der Waals surface area (Å²) in [4.78, 5) is 14.9. The molecule has 7 aromatic carbocycles. The molecule has 0 aliphatic heterocycles. The third-order valence-electron chi connectivity index (χ3n) is 9.80. The number of nitrogens with zero attached hydrogens (tertiary/aromatic N) is 4. The van der Waals surface area contributed by atoms with Crippen LogP contribution in [0.25, 0.3) is 89.0 Å². The minimum absolute atomic E-state index is 0.588. The molecule has 0 aliphatic rings. The first-order valence-electron chi connectivity index (χ1n) is 17.7. The average Bonchev–Trinajstić information content (AvgIpc) is 3.58. The van der Waals surface area contributed by atoms with Crippen LogP contribution in [0.3, 0.4) is 0 Å². The maximum absolute atomic E-state index is 7.06. The highest BCUT2D eigenvalue weighted by atomic mass is 15.1. The van der Waals surface area contributed by atoms with E-state index in [1.807, 2.05) is 61.5 Å². The Morgan fingerprint density at radius 3 is 1.68 bits per heavy atom. The maximum Gasteiger partial charge on any atom is 0.164 e. The molecule has 0 spiro atoms. The summed E-state index contributed by atoms with van der Waals surface area (Å²) in [5.41, 5.74) is 16.5. The first-order chi connectivity index (χ1) is 26.1. The van der Waals surface area contributed by atoms with E-state index in [-0.39, 0.29) is 0 Å². The summed E-state index contributed by atoms with van der Waals surface area (Å²) in [6.07, 6.45) is 3.96. The zero-order chi connectivity index (χ0) is 35.7. The molecule has 5 heteroatoms. The van der Waals surface area contributed by atoms with Crippen molar-refractivity contribution in [3.8, 4) is 45.0 Å². The molecule has 2 N–H and O–H groups in total. The summed E-state index contributed by atoms with van der Waals surface area (Å²) in [5.74, 6) is 2.41. The monoisotopic (exact) mass is 681 g/mol. The molecule has 0 amide bonds. The fourth-order valence-corrected chi connectivity index (χ4v) is 7.08. The summed E-state index contributed by atoms with van der Waals surface area (Å²) in [6.45, 7) is 2.02. The van der Waals surface area contributed by atoms with Gasteiger partial charge in [0, 0.05) is 21.9 Å². The van der Waals surface area contributed by atoms with Crippen molar-refractivity contribution in [3.63, 3.8) is 0 Å². The third kappa shape index (κ3) is 6.04. The van der Waals surface area contributed by atoms with Crippen molar-refractivity contribution in [2.45, 2.75) is 6.92 Å². The summed E-state index contributed by atoms with van der Waals surface area (Å²) in [7, 11) is 0. The third-order valence-corrected chi connectivity index (χ3v) is 9.80. The second kappa shape index (κ2) is 13.5. The van der Waals surface area contributed by atoms with Crippen molar-refractivity contribution >= 4 is 44.0 Å². The van der Waals surface area contributed by atoms with Crippen molar-refractivity contribution in [2.75, 3.05) is 0 Å². The van der Waals surface area contributed by atoms with Gasteiger partial charge in [0.05, 0.1) is 11.0 Å². The molecule has 9 rings (SSSR count). The predicted molar refractivity (Wildman–Crippen MR) is 221 cm³/mol. The smallest absolute Gasteiger partial charge is 0.164 e. The highest BCUT2D eigenvalue weighted by Gasteiger charge is 2.17. The van der Waals surface area contributed by atoms with Gasteiger partial charge in [-0.05, 0) is 63.7 Å². The normalized spacial score (nSPS) is 12.2. The van der Waals surface area contributed by atoms with E-state index in [2.05, 4.69) is 132 Å². The van der Waals surface area contributed by atoms with Gasteiger partial charge in [-0.3, -0.25) is 4.57 Å². The molecule has 0 saturated carbocycles. The maximum atomic E-state index is 7.06. The molecule has 5 nitrogen and oxygen atoms in total. The molecule has 0 bridgehead atoms. The summed E-state index contributed by atoms with van der Waals surface area (Å²) >= 11 is 0. The van der Waals surface area contributed by atoms with Crippen molar-refractivity contribution in [3.05, 3.63) is 188 Å². The number of fused-ring (bicyclic) bond motifs is 5. The van der Waals surface area contributed by atoms with Crippen LogP contribution in [0.1, 0.15) is 12.7 Å². The number of allylic oxidation sites excluding steroid dienone is 3. The topological polar surface area (TPSA) is 69.6 Å². The zero-order valence-electron chi connectivity index (χ0n) is 29.2. The summed E-state index contributed by atoms with van der Waals surface area (Å²) in [5, 5.41) is 4.73. The first-order valence-corrected chi connectivity index (χ1v) is 17.7. The molecule has 0 aliphatic carbocycles. The number of benzene rings is 7. The number of aromatic nitrogens is 4. The van der Waals surface area contributed by atoms with Crippen LogP contribution < -0.4 is 5.73 Å². The van der Waals surface area contributed by atoms with Gasteiger partial charge in [0.15, 0.2) is 17.5 Å². The van der Waals surface area contributed by atoms with Crippen LogP contribution in [-0.4, -0.2) is 19.5 Å². The van der Waals surface area contributed by atoms with Gasteiger partial charge in [0.25, 0.3) is 0 Å². The molecular weight excluding hydrogens is 647 g/mol. The molecule has 0 unspecified atom stereocenters. The first kappa shape index (κ1) is 31.8. The Kier molecular flexibility index (Phi) is 8.14. The lowest BCUT2D eigenvalue weighted by atomic mass is 10.0. The minimum atomic E-state index is 0.588. The van der Waals surface area contributed by atoms with E-state index >= 15 is 0 Å². The van der Waals surface area contributed by atoms with Crippen LogP contribution in [0.4, 0.5) is 0 Å². The molecule has 9 aromatic rings. The van der Waals surface area contributed by atoms with E-state index in [9.17, 15) is 0 Å². The molecule has 2 heterocycles. The molecule has 252 valence electrons. The second-order valence-electron chi connectivity index (χ2n) is 13.2. The van der Waals surface area contributed by atoms with Gasteiger partial charge < -0.3 is 5.73 Å². The molecule has 2 aromatic heterocycles. The Morgan fingerprint density at radius 2 is 1.00 bits per heavy atom. The van der Waals surface area contributed by atoms with Crippen molar-refractivity contribution < 1.29 is 0 Å². The van der Waals surface area contributed by atoms with E-state index in [1.54, 1.807) is 0 Å². The van der Waals surface area contributed by atoms with Crippen LogP contribution >= 0.6 is 0 Å². The lowest BCUT2D eigenvalue weighted by Gasteiger charge is -2.10. The fraction of sp³-hybridized carbons (Fsp3) is 0.0208. The predicted octanol–water partition coefficient (Wildman–Crippen LogP) is 11.7. The Balaban J connectivity index is 1.16. The van der Waals surface area contributed by atoms with Crippen molar-refractivity contribution in [2.24, 2.45) is 5.73 Å². The lowest BCUT2D eigenvalue weighted by Crippen LogP contribution is -2.06. The highest BCUT2D eigenvalue weighted by Crippen LogP contribution is 2.38. The molecule has 0 radical (unpaired) electrons. The Morgan fingerprint density at radius 1 is 0.472 bits per heavy atom. The van der Waals surface area contributed by atoms with E-state index in [0.29, 0.717) is 23.3 Å². The van der Waals surface area contributed by atoms with E-state index in [4.69, 9.17) is 20.7 Å². The highest BCUT2D eigenvalue weighted by molar-refractivity contribution is 6.22.